The van der Waals surface area contributed by atoms with Crippen molar-refractivity contribution in [3.63, 3.8) is 0 Å². The fourth-order valence-electron chi connectivity index (χ4n) is 3.85. The van der Waals surface area contributed by atoms with Crippen LogP contribution in [0.5, 0.6) is 0 Å². The molecule has 1 heterocycles. The number of carbonyl (C=O) groups excluding carboxylic acids is 1. The molecule has 3 unspecified atom stereocenters. The summed E-state index contributed by atoms with van der Waals surface area (Å²) in [6.45, 7) is 4.98. The number of benzene rings is 2. The van der Waals surface area contributed by atoms with Gasteiger partial charge in [-0.3, -0.25) is 19.0 Å². The molecule has 0 aromatic heterocycles. The molecule has 6 nitrogen and oxygen atoms in total. The van der Waals surface area contributed by atoms with Gasteiger partial charge in [0.1, 0.15) is 0 Å². The summed E-state index contributed by atoms with van der Waals surface area (Å²) in [6, 6.07) is 7.88. The minimum Gasteiger partial charge on any atom is -0.331 e. The fraction of sp³-hybridized carbons (Fsp3) is 0.350. The Morgan fingerprint density at radius 1 is 1.10 bits per heavy atom. The third-order valence-corrected chi connectivity index (χ3v) is 5.43. The minimum atomic E-state index is -2.19. The van der Waals surface area contributed by atoms with Crippen molar-refractivity contribution >= 4 is 22.9 Å². The Morgan fingerprint density at radius 3 is 2.13 bits per heavy atom. The average Bonchev–Trinajstić information content (AvgIpc) is 2.65. The lowest BCUT2D eigenvalue weighted by molar-refractivity contribution is 0.0268. The Morgan fingerprint density at radius 2 is 1.63 bits per heavy atom. The van der Waals surface area contributed by atoms with Gasteiger partial charge in [-0.05, 0) is 55.8 Å². The molecular formula is C20H22F3N3O3S. The van der Waals surface area contributed by atoms with Gasteiger partial charge in [0.15, 0.2) is 17.5 Å². The highest BCUT2D eigenvalue weighted by Crippen LogP contribution is 2.23. The molecule has 1 aliphatic heterocycles. The summed E-state index contributed by atoms with van der Waals surface area (Å²) in [4.78, 5) is 16.7. The first-order valence-electron chi connectivity index (χ1n) is 9.31. The molecule has 3 atom stereocenters. The second-order valence-corrected chi connectivity index (χ2v) is 8.11. The maximum atomic E-state index is 13.5. The first-order chi connectivity index (χ1) is 14.2. The molecule has 162 valence electrons. The molecule has 2 N–H and O–H groups in total. The molecule has 1 aliphatic rings. The number of hydrogen-bond donors (Lipinski definition) is 2. The van der Waals surface area contributed by atoms with Gasteiger partial charge in [-0.15, -0.1) is 0 Å². The van der Waals surface area contributed by atoms with Crippen molar-refractivity contribution in [3.05, 3.63) is 65.0 Å². The highest BCUT2D eigenvalue weighted by atomic mass is 32.2. The van der Waals surface area contributed by atoms with Gasteiger partial charge in [0, 0.05) is 43.0 Å². The zero-order chi connectivity index (χ0) is 22.0. The van der Waals surface area contributed by atoms with Crippen LogP contribution >= 0.6 is 0 Å². The summed E-state index contributed by atoms with van der Waals surface area (Å²) < 4.78 is 62.1. The van der Waals surface area contributed by atoms with Gasteiger partial charge in [0.25, 0.3) is 17.2 Å². The van der Waals surface area contributed by atoms with E-state index in [2.05, 4.69) is 4.72 Å². The van der Waals surface area contributed by atoms with Crippen molar-refractivity contribution in [1.29, 1.82) is 0 Å². The van der Waals surface area contributed by atoms with Gasteiger partial charge < -0.3 is 4.90 Å². The highest BCUT2D eigenvalue weighted by molar-refractivity contribution is 7.80. The zero-order valence-corrected chi connectivity index (χ0v) is 17.3. The number of nitrogens with zero attached hydrogens (tertiary/aromatic N) is 2. The van der Waals surface area contributed by atoms with E-state index in [1.165, 1.54) is 0 Å². The van der Waals surface area contributed by atoms with Crippen molar-refractivity contribution < 1.29 is 26.7 Å². The van der Waals surface area contributed by atoms with Crippen molar-refractivity contribution in [2.24, 2.45) is 0 Å². The molecular weight excluding hydrogens is 419 g/mol. The Balaban J connectivity index is 1.68. The smallest absolute Gasteiger partial charge is 0.259 e. The van der Waals surface area contributed by atoms with E-state index >= 15 is 0 Å². The Kier molecular flexibility index (Phi) is 6.79. The lowest BCUT2D eigenvalue weighted by Crippen LogP contribution is -2.58. The molecule has 10 heteroatoms. The summed E-state index contributed by atoms with van der Waals surface area (Å²) in [7, 11) is 0. The first-order valence-corrected chi connectivity index (χ1v) is 10.4. The monoisotopic (exact) mass is 441 g/mol. The van der Waals surface area contributed by atoms with Gasteiger partial charge in [-0.1, -0.05) is 0 Å². The van der Waals surface area contributed by atoms with Crippen molar-refractivity contribution in [1.82, 2.24) is 9.80 Å². The first kappa shape index (κ1) is 22.3. The predicted octanol–water partition coefficient (Wildman–Crippen LogP) is 3.39. The summed E-state index contributed by atoms with van der Waals surface area (Å²) in [5.41, 5.74) is 1.19. The van der Waals surface area contributed by atoms with Crippen LogP contribution in [-0.4, -0.2) is 49.6 Å². The number of piperazine rings is 1. The highest BCUT2D eigenvalue weighted by Gasteiger charge is 2.33. The van der Waals surface area contributed by atoms with Crippen LogP contribution in [0.15, 0.2) is 36.4 Å². The summed E-state index contributed by atoms with van der Waals surface area (Å²) in [6.07, 6.45) is 0. The maximum Gasteiger partial charge on any atom is 0.259 e. The second-order valence-electron chi connectivity index (χ2n) is 7.41. The van der Waals surface area contributed by atoms with Gasteiger partial charge in [0.05, 0.1) is 0 Å². The Bertz CT molecular complexity index is 923. The van der Waals surface area contributed by atoms with E-state index in [-0.39, 0.29) is 24.5 Å². The molecule has 1 amide bonds. The van der Waals surface area contributed by atoms with Crippen molar-refractivity contribution in [2.75, 3.05) is 17.8 Å². The van der Waals surface area contributed by atoms with Crippen LogP contribution in [-0.2, 0) is 17.8 Å². The average molecular weight is 441 g/mol. The topological polar surface area (TPSA) is 72.9 Å². The number of halogens is 3. The molecule has 0 radical (unpaired) electrons. The van der Waals surface area contributed by atoms with Gasteiger partial charge in [0.2, 0.25) is 0 Å². The van der Waals surface area contributed by atoms with Gasteiger partial charge >= 0.3 is 0 Å². The number of carbonyl (C=O) groups is 1. The Labute approximate surface area is 175 Å². The molecule has 2 aromatic carbocycles. The molecule has 0 spiro atoms. The summed E-state index contributed by atoms with van der Waals surface area (Å²) in [5, 5.41) is 0. The lowest BCUT2D eigenvalue weighted by Gasteiger charge is -2.44. The number of rotatable bonds is 5. The molecule has 2 aromatic rings. The van der Waals surface area contributed by atoms with E-state index in [1.54, 1.807) is 29.2 Å². The predicted molar refractivity (Wildman–Crippen MR) is 108 cm³/mol. The lowest BCUT2D eigenvalue weighted by atomic mass is 10.0. The van der Waals surface area contributed by atoms with Crippen molar-refractivity contribution in [3.8, 4) is 0 Å². The standard InChI is InChI=1S/C20H22F3N3O3S/c1-12-9-25(11-14-7-17(21)19(23)18(22)8-14)10-13(2)26(12)20(27)15-3-5-16(6-4-15)24-30(28)29/h3-8,12-13,24H,9-11H2,1-2H3,(H,28,29). The van der Waals surface area contributed by atoms with Crippen LogP contribution in [0.25, 0.3) is 0 Å². The van der Waals surface area contributed by atoms with E-state index in [4.69, 9.17) is 4.55 Å². The second kappa shape index (κ2) is 9.15. The SMILES string of the molecule is CC1CN(Cc2cc(F)c(F)c(F)c2)CC(C)N1C(=O)c1ccc(NS(=O)O)cc1. The molecule has 3 rings (SSSR count). The van der Waals surface area contributed by atoms with Gasteiger partial charge in [-0.2, -0.15) is 0 Å². The minimum absolute atomic E-state index is 0.167. The van der Waals surface area contributed by atoms with Crippen LogP contribution in [0.3, 0.4) is 0 Å². The van der Waals surface area contributed by atoms with E-state index in [0.717, 1.165) is 12.1 Å². The summed E-state index contributed by atoms with van der Waals surface area (Å²) in [5.74, 6) is -4.10. The van der Waals surface area contributed by atoms with Crippen LogP contribution in [0, 0.1) is 17.5 Å². The third-order valence-electron chi connectivity index (χ3n) is 5.02. The third kappa shape index (κ3) is 5.00. The van der Waals surface area contributed by atoms with E-state index in [9.17, 15) is 22.2 Å². The number of amides is 1. The number of nitrogens with one attached hydrogen (secondary N) is 1. The van der Waals surface area contributed by atoms with Crippen molar-refractivity contribution in [2.45, 2.75) is 32.5 Å². The quantitative estimate of drug-likeness (QED) is 0.551. The maximum absolute atomic E-state index is 13.5. The molecule has 0 aliphatic carbocycles. The van der Waals surface area contributed by atoms with Crippen LogP contribution < -0.4 is 4.72 Å². The fourth-order valence-corrected chi connectivity index (χ4v) is 4.19. The summed E-state index contributed by atoms with van der Waals surface area (Å²) >= 11 is -2.19. The van der Waals surface area contributed by atoms with Crippen LogP contribution in [0.4, 0.5) is 18.9 Å². The Hall–Kier alpha value is -2.43. The van der Waals surface area contributed by atoms with Crippen LogP contribution in [0.1, 0.15) is 29.8 Å². The van der Waals surface area contributed by atoms with E-state index in [0.29, 0.717) is 29.9 Å². The molecule has 0 saturated carbocycles. The molecule has 1 saturated heterocycles. The molecule has 0 bridgehead atoms. The van der Waals surface area contributed by atoms with Gasteiger partial charge in [-0.25, -0.2) is 17.4 Å². The van der Waals surface area contributed by atoms with E-state index in [1.807, 2.05) is 18.7 Å². The largest absolute Gasteiger partial charge is 0.331 e. The molecule has 30 heavy (non-hydrogen) atoms. The normalized spacial score (nSPS) is 20.8. The van der Waals surface area contributed by atoms with E-state index < -0.39 is 28.7 Å². The number of anilines is 1. The molecule has 1 fully saturated rings. The zero-order valence-electron chi connectivity index (χ0n) is 16.4. The van der Waals surface area contributed by atoms with Crippen LogP contribution in [0.2, 0.25) is 0 Å². The number of hydrogen-bond acceptors (Lipinski definition) is 3.